The van der Waals surface area contributed by atoms with Crippen LogP contribution in [0.3, 0.4) is 0 Å². The summed E-state index contributed by atoms with van der Waals surface area (Å²) in [5, 5.41) is 29.9. The van der Waals surface area contributed by atoms with Gasteiger partial charge in [0.1, 0.15) is 34.5 Å². The van der Waals surface area contributed by atoms with Crippen LogP contribution in [0.4, 0.5) is 0 Å². The first-order chi connectivity index (χ1) is 12.3. The fraction of sp³-hybridized carbons (Fsp3) is 0.250. The predicted molar refractivity (Wildman–Crippen MR) is 95.6 cm³/mol. The fourth-order valence-corrected chi connectivity index (χ4v) is 3.17. The first-order valence-corrected chi connectivity index (χ1v) is 8.24. The van der Waals surface area contributed by atoms with Crippen molar-refractivity contribution in [3.05, 3.63) is 52.4 Å². The highest BCUT2D eigenvalue weighted by molar-refractivity contribution is 5.90. The van der Waals surface area contributed by atoms with E-state index in [1.54, 1.807) is 12.1 Å². The molecule has 134 valence electrons. The summed E-state index contributed by atoms with van der Waals surface area (Å²) in [5.41, 5.74) is 0.699. The van der Waals surface area contributed by atoms with Crippen molar-refractivity contribution in [2.45, 2.75) is 32.0 Å². The van der Waals surface area contributed by atoms with Crippen LogP contribution in [0.15, 0.2) is 45.8 Å². The Morgan fingerprint density at radius 3 is 2.35 bits per heavy atom. The van der Waals surface area contributed by atoms with Gasteiger partial charge in [-0.3, -0.25) is 4.79 Å². The van der Waals surface area contributed by atoms with Crippen LogP contribution in [0.5, 0.6) is 17.2 Å². The molecule has 26 heavy (non-hydrogen) atoms. The number of aromatic hydroxyl groups is 3. The number of phenolic OH excluding ortho intramolecular Hbond substituents is 3. The number of hydrogen-bond acceptors (Lipinski definition) is 6. The molecule has 2 aromatic carbocycles. The van der Waals surface area contributed by atoms with Crippen molar-refractivity contribution in [1.82, 2.24) is 0 Å². The fourth-order valence-electron chi connectivity index (χ4n) is 3.17. The predicted octanol–water partition coefficient (Wildman–Crippen LogP) is 3.30. The van der Waals surface area contributed by atoms with E-state index >= 15 is 0 Å². The second-order valence-electron chi connectivity index (χ2n) is 7.04. The van der Waals surface area contributed by atoms with Crippen molar-refractivity contribution in [3.63, 3.8) is 0 Å². The van der Waals surface area contributed by atoms with Crippen LogP contribution >= 0.6 is 0 Å². The molecule has 0 bridgehead atoms. The Morgan fingerprint density at radius 2 is 1.73 bits per heavy atom. The normalized spacial score (nSPS) is 18.2. The maximum absolute atomic E-state index is 12.9. The molecule has 3 N–H and O–H groups in total. The molecular formula is C20H18O6. The molecule has 6 nitrogen and oxygen atoms in total. The zero-order chi connectivity index (χ0) is 18.6. The number of rotatable bonds is 3. The highest BCUT2D eigenvalue weighted by Crippen LogP contribution is 2.42. The molecule has 1 aliphatic heterocycles. The minimum absolute atomic E-state index is 0.0156. The van der Waals surface area contributed by atoms with E-state index in [2.05, 4.69) is 0 Å². The molecule has 1 atom stereocenters. The molecule has 1 fully saturated rings. The number of phenols is 3. The Kier molecular flexibility index (Phi) is 3.49. The van der Waals surface area contributed by atoms with E-state index in [-0.39, 0.29) is 45.5 Å². The van der Waals surface area contributed by atoms with E-state index in [4.69, 9.17) is 9.15 Å². The Bertz CT molecular complexity index is 1060. The molecule has 1 aliphatic rings. The smallest absolute Gasteiger partial charge is 0.204 e. The molecule has 6 heteroatoms. The zero-order valence-corrected chi connectivity index (χ0v) is 14.3. The van der Waals surface area contributed by atoms with Gasteiger partial charge in [-0.05, 0) is 31.5 Å². The van der Waals surface area contributed by atoms with E-state index < -0.39 is 5.43 Å². The summed E-state index contributed by atoms with van der Waals surface area (Å²) in [5.74, 6) is -0.394. The van der Waals surface area contributed by atoms with Gasteiger partial charge in [0.05, 0.1) is 17.3 Å². The molecule has 4 rings (SSSR count). The van der Waals surface area contributed by atoms with E-state index in [1.165, 1.54) is 18.4 Å². The standard InChI is InChI=1S/C20H18O6/c1-20(2)16(26-20)7-12-14(22)8-15(23)17-18(24)13(9-25-19(12)17)10-3-5-11(21)6-4-10/h3-6,8-9,16,21-23H,7H2,1-2H3. The lowest BCUT2D eigenvalue weighted by Gasteiger charge is -2.10. The van der Waals surface area contributed by atoms with Crippen LogP contribution in [0.25, 0.3) is 22.1 Å². The van der Waals surface area contributed by atoms with Crippen LogP contribution in [-0.4, -0.2) is 27.0 Å². The van der Waals surface area contributed by atoms with Gasteiger partial charge in [-0.1, -0.05) is 12.1 Å². The third kappa shape index (κ3) is 2.59. The van der Waals surface area contributed by atoms with Crippen LogP contribution in [0.2, 0.25) is 0 Å². The largest absolute Gasteiger partial charge is 0.508 e. The average molecular weight is 354 g/mol. The highest BCUT2D eigenvalue weighted by atomic mass is 16.6. The lowest BCUT2D eigenvalue weighted by Crippen LogP contribution is -2.09. The monoisotopic (exact) mass is 354 g/mol. The molecule has 0 radical (unpaired) electrons. The molecule has 1 unspecified atom stereocenters. The quantitative estimate of drug-likeness (QED) is 0.624. The SMILES string of the molecule is CC1(C)OC1Cc1c(O)cc(O)c2c(=O)c(-c3ccc(O)cc3)coc12. The third-order valence-electron chi connectivity index (χ3n) is 4.84. The van der Waals surface area contributed by atoms with Crippen LogP contribution < -0.4 is 5.43 Å². The Hall–Kier alpha value is -2.99. The van der Waals surface area contributed by atoms with Crippen molar-refractivity contribution < 1.29 is 24.5 Å². The summed E-state index contributed by atoms with van der Waals surface area (Å²) < 4.78 is 11.2. The van der Waals surface area contributed by atoms with Crippen molar-refractivity contribution >= 4 is 11.0 Å². The molecule has 3 aromatic rings. The van der Waals surface area contributed by atoms with E-state index in [0.717, 1.165) is 6.07 Å². The molecule has 0 saturated carbocycles. The second-order valence-corrected chi connectivity index (χ2v) is 7.04. The minimum atomic E-state index is -0.410. The zero-order valence-electron chi connectivity index (χ0n) is 14.3. The Balaban J connectivity index is 1.89. The topological polar surface area (TPSA) is 103 Å². The summed E-state index contributed by atoms with van der Waals surface area (Å²) in [4.78, 5) is 12.9. The first-order valence-electron chi connectivity index (χ1n) is 8.24. The summed E-state index contributed by atoms with van der Waals surface area (Å²) in [6, 6.07) is 7.27. The lowest BCUT2D eigenvalue weighted by molar-refractivity contribution is 0.322. The first kappa shape index (κ1) is 16.5. The molecule has 0 amide bonds. The van der Waals surface area contributed by atoms with Gasteiger partial charge in [0.2, 0.25) is 5.43 Å². The van der Waals surface area contributed by atoms with Gasteiger partial charge in [-0.15, -0.1) is 0 Å². The van der Waals surface area contributed by atoms with Gasteiger partial charge in [-0.2, -0.15) is 0 Å². The van der Waals surface area contributed by atoms with E-state index in [0.29, 0.717) is 17.5 Å². The summed E-state index contributed by atoms with van der Waals surface area (Å²) >= 11 is 0. The minimum Gasteiger partial charge on any atom is -0.508 e. The summed E-state index contributed by atoms with van der Waals surface area (Å²) in [6.07, 6.45) is 1.58. The van der Waals surface area contributed by atoms with Crippen LogP contribution in [-0.2, 0) is 11.2 Å². The number of epoxide rings is 1. The van der Waals surface area contributed by atoms with Gasteiger partial charge in [0.15, 0.2) is 0 Å². The number of ether oxygens (including phenoxy) is 1. The maximum atomic E-state index is 12.9. The molecule has 0 spiro atoms. The number of hydrogen-bond donors (Lipinski definition) is 3. The van der Waals surface area contributed by atoms with Gasteiger partial charge in [0, 0.05) is 18.1 Å². The Morgan fingerprint density at radius 1 is 1.08 bits per heavy atom. The lowest BCUT2D eigenvalue weighted by atomic mass is 9.98. The summed E-state index contributed by atoms with van der Waals surface area (Å²) in [7, 11) is 0. The van der Waals surface area contributed by atoms with Gasteiger partial charge in [-0.25, -0.2) is 0 Å². The van der Waals surface area contributed by atoms with Crippen molar-refractivity contribution in [2.75, 3.05) is 0 Å². The number of fused-ring (bicyclic) bond motifs is 1. The molecule has 1 aromatic heterocycles. The van der Waals surface area contributed by atoms with Gasteiger partial charge >= 0.3 is 0 Å². The third-order valence-corrected chi connectivity index (χ3v) is 4.84. The van der Waals surface area contributed by atoms with Gasteiger partial charge in [0.25, 0.3) is 0 Å². The molecule has 1 saturated heterocycles. The molecule has 0 aliphatic carbocycles. The Labute approximate surface area is 148 Å². The highest BCUT2D eigenvalue weighted by Gasteiger charge is 2.48. The average Bonchev–Trinajstić information content (AvgIpc) is 3.18. The van der Waals surface area contributed by atoms with Crippen LogP contribution in [0, 0.1) is 0 Å². The van der Waals surface area contributed by atoms with E-state index in [1.807, 2.05) is 13.8 Å². The van der Waals surface area contributed by atoms with Crippen LogP contribution in [0.1, 0.15) is 19.4 Å². The summed E-state index contributed by atoms with van der Waals surface area (Å²) in [6.45, 7) is 3.88. The van der Waals surface area contributed by atoms with Gasteiger partial charge < -0.3 is 24.5 Å². The van der Waals surface area contributed by atoms with E-state index in [9.17, 15) is 20.1 Å². The molecular weight excluding hydrogens is 336 g/mol. The second kappa shape index (κ2) is 5.51. The maximum Gasteiger partial charge on any atom is 0.204 e. The van der Waals surface area contributed by atoms with Crippen molar-refractivity contribution in [1.29, 1.82) is 0 Å². The molecule has 2 heterocycles. The number of benzene rings is 2. The van der Waals surface area contributed by atoms with Crippen molar-refractivity contribution in [3.8, 4) is 28.4 Å². The van der Waals surface area contributed by atoms with Crippen molar-refractivity contribution in [2.24, 2.45) is 0 Å².